The highest BCUT2D eigenvalue weighted by Crippen LogP contribution is 2.17. The Balaban J connectivity index is 1.58. The first-order valence-electron chi connectivity index (χ1n) is 7.70. The van der Waals surface area contributed by atoms with Gasteiger partial charge in [-0.2, -0.15) is 0 Å². The van der Waals surface area contributed by atoms with E-state index in [9.17, 15) is 4.79 Å². The van der Waals surface area contributed by atoms with E-state index in [2.05, 4.69) is 4.98 Å². The van der Waals surface area contributed by atoms with Crippen molar-refractivity contribution in [2.45, 2.75) is 25.9 Å². The van der Waals surface area contributed by atoms with Crippen LogP contribution in [-0.2, 0) is 17.8 Å². The molecule has 1 aliphatic heterocycles. The number of nitrogens with zero attached hydrogens (tertiary/aromatic N) is 2. The quantitative estimate of drug-likeness (QED) is 0.852. The molecule has 1 fully saturated rings. The fourth-order valence-electron chi connectivity index (χ4n) is 2.65. The summed E-state index contributed by atoms with van der Waals surface area (Å²) in [5, 5.41) is 0. The number of likely N-dealkylation sites (tertiary alicyclic amines) is 1. The fourth-order valence-corrected chi connectivity index (χ4v) is 2.65. The van der Waals surface area contributed by atoms with Gasteiger partial charge in [-0.15, -0.1) is 0 Å². The third kappa shape index (κ3) is 3.85. The lowest BCUT2D eigenvalue weighted by atomic mass is 10.1. The van der Waals surface area contributed by atoms with Gasteiger partial charge in [-0.05, 0) is 36.6 Å². The van der Waals surface area contributed by atoms with Gasteiger partial charge in [-0.25, -0.2) is 0 Å². The Morgan fingerprint density at radius 2 is 1.95 bits per heavy atom. The molecule has 2 aromatic rings. The van der Waals surface area contributed by atoms with Crippen LogP contribution in [0.25, 0.3) is 0 Å². The zero-order valence-corrected chi connectivity index (χ0v) is 12.6. The summed E-state index contributed by atoms with van der Waals surface area (Å²) in [5.41, 5.74) is 2.03. The highest BCUT2D eigenvalue weighted by Gasteiger charge is 2.17. The summed E-state index contributed by atoms with van der Waals surface area (Å²) < 4.78 is 5.77. The minimum atomic E-state index is 0.210. The van der Waals surface area contributed by atoms with Crippen molar-refractivity contribution < 1.29 is 9.53 Å². The molecule has 0 radical (unpaired) electrons. The average molecular weight is 296 g/mol. The van der Waals surface area contributed by atoms with Crippen LogP contribution in [0.15, 0.2) is 48.8 Å². The van der Waals surface area contributed by atoms with Gasteiger partial charge in [0.25, 0.3) is 0 Å². The number of aromatic nitrogens is 1. The number of hydrogen-bond acceptors (Lipinski definition) is 3. The van der Waals surface area contributed by atoms with Crippen LogP contribution in [0.4, 0.5) is 0 Å². The number of carbonyl (C=O) groups excluding carboxylic acids is 1. The smallest absolute Gasteiger partial charge is 0.226 e. The molecule has 1 aromatic heterocycles. The van der Waals surface area contributed by atoms with Gasteiger partial charge in [0.2, 0.25) is 5.91 Å². The van der Waals surface area contributed by atoms with E-state index >= 15 is 0 Å². The summed E-state index contributed by atoms with van der Waals surface area (Å²) in [6.07, 6.45) is 6.24. The minimum absolute atomic E-state index is 0.210. The largest absolute Gasteiger partial charge is 0.489 e. The van der Waals surface area contributed by atoms with E-state index in [1.807, 2.05) is 41.3 Å². The van der Waals surface area contributed by atoms with E-state index in [0.29, 0.717) is 13.0 Å². The van der Waals surface area contributed by atoms with Gasteiger partial charge >= 0.3 is 0 Å². The van der Waals surface area contributed by atoms with Crippen LogP contribution in [0.5, 0.6) is 5.75 Å². The first-order valence-corrected chi connectivity index (χ1v) is 7.70. The molecule has 1 aromatic carbocycles. The molecule has 1 amide bonds. The van der Waals surface area contributed by atoms with Crippen LogP contribution in [0.2, 0.25) is 0 Å². The summed E-state index contributed by atoms with van der Waals surface area (Å²) in [6, 6.07) is 11.7. The zero-order chi connectivity index (χ0) is 15.2. The maximum Gasteiger partial charge on any atom is 0.226 e. The Bertz CT molecular complexity index is 622. The minimum Gasteiger partial charge on any atom is -0.489 e. The maximum atomic E-state index is 12.2. The van der Waals surface area contributed by atoms with Crippen molar-refractivity contribution in [2.75, 3.05) is 13.1 Å². The van der Waals surface area contributed by atoms with Crippen LogP contribution in [0.3, 0.4) is 0 Å². The van der Waals surface area contributed by atoms with Crippen LogP contribution in [-0.4, -0.2) is 28.9 Å². The van der Waals surface area contributed by atoms with Crippen LogP contribution < -0.4 is 4.74 Å². The third-order valence-electron chi connectivity index (χ3n) is 3.84. The molecule has 114 valence electrons. The van der Waals surface area contributed by atoms with Gasteiger partial charge in [0.05, 0.1) is 6.42 Å². The topological polar surface area (TPSA) is 42.4 Å². The van der Waals surface area contributed by atoms with E-state index in [1.54, 1.807) is 12.4 Å². The molecule has 4 nitrogen and oxygen atoms in total. The standard InChI is InChI=1S/C18H20N2O2/c21-18(20-9-1-2-10-20)12-15-5-3-7-17(11-15)22-14-16-6-4-8-19-13-16/h3-8,11,13H,1-2,9-10,12,14H2. The molecule has 0 unspecified atom stereocenters. The molecule has 4 heteroatoms. The summed E-state index contributed by atoms with van der Waals surface area (Å²) in [4.78, 5) is 18.2. The monoisotopic (exact) mass is 296 g/mol. The Morgan fingerprint density at radius 3 is 2.73 bits per heavy atom. The molecule has 2 heterocycles. The van der Waals surface area contributed by atoms with E-state index in [1.165, 1.54) is 0 Å². The third-order valence-corrected chi connectivity index (χ3v) is 3.84. The molecule has 22 heavy (non-hydrogen) atoms. The number of amides is 1. The Morgan fingerprint density at radius 1 is 1.14 bits per heavy atom. The van der Waals surface area contributed by atoms with Crippen LogP contribution >= 0.6 is 0 Å². The van der Waals surface area contributed by atoms with E-state index in [0.717, 1.165) is 42.8 Å². The maximum absolute atomic E-state index is 12.2. The van der Waals surface area contributed by atoms with Gasteiger partial charge in [-0.1, -0.05) is 18.2 Å². The number of carbonyl (C=O) groups is 1. The molecular weight excluding hydrogens is 276 g/mol. The van der Waals surface area contributed by atoms with Crippen molar-refractivity contribution in [1.29, 1.82) is 0 Å². The molecule has 0 saturated carbocycles. The van der Waals surface area contributed by atoms with Crippen LogP contribution in [0.1, 0.15) is 24.0 Å². The molecule has 1 saturated heterocycles. The summed E-state index contributed by atoms with van der Waals surface area (Å²) in [6.45, 7) is 2.28. The normalized spacial score (nSPS) is 14.1. The average Bonchev–Trinajstić information content (AvgIpc) is 3.09. The van der Waals surface area contributed by atoms with Crippen molar-refractivity contribution in [3.63, 3.8) is 0 Å². The van der Waals surface area contributed by atoms with Crippen molar-refractivity contribution in [3.05, 3.63) is 59.9 Å². The van der Waals surface area contributed by atoms with Crippen molar-refractivity contribution >= 4 is 5.91 Å². The molecule has 0 N–H and O–H groups in total. The molecule has 0 spiro atoms. The van der Waals surface area contributed by atoms with Gasteiger partial charge in [0.1, 0.15) is 12.4 Å². The van der Waals surface area contributed by atoms with Gasteiger partial charge < -0.3 is 9.64 Å². The molecule has 0 aliphatic carbocycles. The lowest BCUT2D eigenvalue weighted by Crippen LogP contribution is -2.29. The molecule has 0 bridgehead atoms. The Labute approximate surface area is 130 Å². The summed E-state index contributed by atoms with van der Waals surface area (Å²) in [7, 11) is 0. The number of rotatable bonds is 5. The zero-order valence-electron chi connectivity index (χ0n) is 12.6. The van der Waals surface area contributed by atoms with Gasteiger partial charge in [0, 0.05) is 31.0 Å². The van der Waals surface area contributed by atoms with Gasteiger partial charge in [0.15, 0.2) is 0 Å². The predicted octanol–water partition coefficient (Wildman–Crippen LogP) is 2.83. The Hall–Kier alpha value is -2.36. The molecule has 1 aliphatic rings. The SMILES string of the molecule is O=C(Cc1cccc(OCc2cccnc2)c1)N1CCCC1. The van der Waals surface area contributed by atoms with E-state index < -0.39 is 0 Å². The number of ether oxygens (including phenoxy) is 1. The summed E-state index contributed by atoms with van der Waals surface area (Å²) in [5.74, 6) is 0.998. The van der Waals surface area contributed by atoms with E-state index in [4.69, 9.17) is 4.74 Å². The molecule has 0 atom stereocenters. The highest BCUT2D eigenvalue weighted by molar-refractivity contribution is 5.79. The lowest BCUT2D eigenvalue weighted by molar-refractivity contribution is -0.129. The highest BCUT2D eigenvalue weighted by atomic mass is 16.5. The van der Waals surface area contributed by atoms with Gasteiger partial charge in [-0.3, -0.25) is 9.78 Å². The van der Waals surface area contributed by atoms with Crippen molar-refractivity contribution in [1.82, 2.24) is 9.88 Å². The second kappa shape index (κ2) is 7.07. The number of pyridine rings is 1. The number of hydrogen-bond donors (Lipinski definition) is 0. The van der Waals surface area contributed by atoms with Crippen molar-refractivity contribution in [3.8, 4) is 5.75 Å². The first kappa shape index (κ1) is 14.6. The second-order valence-corrected chi connectivity index (χ2v) is 5.56. The summed E-state index contributed by atoms with van der Waals surface area (Å²) >= 11 is 0. The number of benzene rings is 1. The predicted molar refractivity (Wildman–Crippen MR) is 84.5 cm³/mol. The fraction of sp³-hybridized carbons (Fsp3) is 0.333. The first-order chi connectivity index (χ1) is 10.8. The lowest BCUT2D eigenvalue weighted by Gasteiger charge is -2.15. The van der Waals surface area contributed by atoms with Crippen molar-refractivity contribution in [2.24, 2.45) is 0 Å². The van der Waals surface area contributed by atoms with E-state index in [-0.39, 0.29) is 5.91 Å². The second-order valence-electron chi connectivity index (χ2n) is 5.56. The molecule has 3 rings (SSSR count). The van der Waals surface area contributed by atoms with Crippen LogP contribution in [0, 0.1) is 0 Å². The Kier molecular flexibility index (Phi) is 4.68. The molecular formula is C18H20N2O2.